The Morgan fingerprint density at radius 3 is 2.64 bits per heavy atom. The summed E-state index contributed by atoms with van der Waals surface area (Å²) in [6.45, 7) is 6.09. The number of carbonyl (C=O) groups excluding carboxylic acids is 1. The van der Waals surface area contributed by atoms with Crippen molar-refractivity contribution in [3.05, 3.63) is 34.6 Å². The van der Waals surface area contributed by atoms with Crippen LogP contribution in [0.3, 0.4) is 0 Å². The predicted molar refractivity (Wildman–Crippen MR) is 84.4 cm³/mol. The van der Waals surface area contributed by atoms with Gasteiger partial charge in [-0.3, -0.25) is 0 Å². The standard InChI is InChI=1S/C16H22ClFN2O2/c1-16(2,3)22-15(21)20-12-7-11(8-12)19-9-10-4-5-13(17)14(18)6-10/h4-6,11-12,19H,7-9H2,1-3H3,(H,20,21). The zero-order chi connectivity index (χ0) is 16.3. The maximum absolute atomic E-state index is 13.3. The van der Waals surface area contributed by atoms with Gasteiger partial charge < -0.3 is 15.4 Å². The van der Waals surface area contributed by atoms with Crippen molar-refractivity contribution in [1.82, 2.24) is 10.6 Å². The third kappa shape index (κ3) is 5.14. The minimum absolute atomic E-state index is 0.133. The van der Waals surface area contributed by atoms with E-state index in [1.54, 1.807) is 12.1 Å². The topological polar surface area (TPSA) is 50.4 Å². The van der Waals surface area contributed by atoms with E-state index in [0.29, 0.717) is 12.6 Å². The first-order valence-corrected chi connectivity index (χ1v) is 7.77. The van der Waals surface area contributed by atoms with Crippen molar-refractivity contribution in [3.63, 3.8) is 0 Å². The van der Waals surface area contributed by atoms with Crippen molar-refractivity contribution < 1.29 is 13.9 Å². The Hall–Kier alpha value is -1.33. The highest BCUT2D eigenvalue weighted by Gasteiger charge is 2.31. The molecule has 0 radical (unpaired) electrons. The number of amides is 1. The van der Waals surface area contributed by atoms with Crippen LogP contribution in [-0.4, -0.2) is 23.8 Å². The molecular formula is C16H22ClFN2O2. The van der Waals surface area contributed by atoms with E-state index in [4.69, 9.17) is 16.3 Å². The minimum Gasteiger partial charge on any atom is -0.444 e. The number of alkyl carbamates (subject to hydrolysis) is 1. The third-order valence-electron chi connectivity index (χ3n) is 3.44. The van der Waals surface area contributed by atoms with Gasteiger partial charge in [-0.2, -0.15) is 0 Å². The number of halogens is 2. The molecule has 0 aliphatic heterocycles. The van der Waals surface area contributed by atoms with Crippen LogP contribution in [-0.2, 0) is 11.3 Å². The van der Waals surface area contributed by atoms with E-state index >= 15 is 0 Å². The average molecular weight is 329 g/mol. The number of benzene rings is 1. The lowest BCUT2D eigenvalue weighted by Gasteiger charge is -2.36. The number of carbonyl (C=O) groups is 1. The molecule has 22 heavy (non-hydrogen) atoms. The molecule has 6 heteroatoms. The second-order valence-electron chi connectivity index (χ2n) is 6.64. The maximum atomic E-state index is 13.3. The molecule has 1 aliphatic carbocycles. The van der Waals surface area contributed by atoms with Gasteiger partial charge in [-0.25, -0.2) is 9.18 Å². The Kier molecular flexibility index (Phi) is 5.29. The molecule has 1 amide bonds. The van der Waals surface area contributed by atoms with Gasteiger partial charge in [-0.1, -0.05) is 17.7 Å². The van der Waals surface area contributed by atoms with E-state index in [9.17, 15) is 9.18 Å². The zero-order valence-corrected chi connectivity index (χ0v) is 13.8. The van der Waals surface area contributed by atoms with E-state index < -0.39 is 11.4 Å². The Bertz CT molecular complexity index is 539. The number of rotatable bonds is 4. The molecule has 0 saturated heterocycles. The van der Waals surface area contributed by atoms with E-state index in [1.165, 1.54) is 6.07 Å². The lowest BCUT2D eigenvalue weighted by molar-refractivity contribution is 0.0465. The van der Waals surface area contributed by atoms with Crippen LogP contribution in [0.25, 0.3) is 0 Å². The van der Waals surface area contributed by atoms with Crippen molar-refractivity contribution >= 4 is 17.7 Å². The molecule has 1 aromatic carbocycles. The van der Waals surface area contributed by atoms with Crippen LogP contribution < -0.4 is 10.6 Å². The van der Waals surface area contributed by atoms with Crippen molar-refractivity contribution in [2.24, 2.45) is 0 Å². The second kappa shape index (κ2) is 6.84. The van der Waals surface area contributed by atoms with Crippen LogP contribution in [0.5, 0.6) is 0 Å². The van der Waals surface area contributed by atoms with E-state index in [0.717, 1.165) is 18.4 Å². The first-order valence-electron chi connectivity index (χ1n) is 7.40. The van der Waals surface area contributed by atoms with Gasteiger partial charge in [0.2, 0.25) is 0 Å². The molecule has 0 aromatic heterocycles. The Labute approximate surface area is 135 Å². The molecule has 1 aromatic rings. The molecule has 0 bridgehead atoms. The molecule has 0 atom stereocenters. The molecule has 1 saturated carbocycles. The summed E-state index contributed by atoms with van der Waals surface area (Å²) in [5.74, 6) is -0.404. The zero-order valence-electron chi connectivity index (χ0n) is 13.1. The molecular weight excluding hydrogens is 307 g/mol. The summed E-state index contributed by atoms with van der Waals surface area (Å²) in [6, 6.07) is 5.24. The molecule has 0 unspecified atom stereocenters. The monoisotopic (exact) mass is 328 g/mol. The first kappa shape index (κ1) is 17.0. The van der Waals surface area contributed by atoms with Crippen molar-refractivity contribution in [2.45, 2.75) is 57.8 Å². The van der Waals surface area contributed by atoms with Crippen LogP contribution in [0.4, 0.5) is 9.18 Å². The van der Waals surface area contributed by atoms with Gasteiger partial charge in [0.25, 0.3) is 0 Å². The summed E-state index contributed by atoms with van der Waals surface area (Å²) in [5.41, 5.74) is 0.370. The second-order valence-corrected chi connectivity index (χ2v) is 7.05. The van der Waals surface area contributed by atoms with Gasteiger partial charge in [0.05, 0.1) is 5.02 Å². The average Bonchev–Trinajstić information content (AvgIpc) is 2.33. The van der Waals surface area contributed by atoms with E-state index in [-0.39, 0.29) is 17.2 Å². The smallest absolute Gasteiger partial charge is 0.407 e. The molecule has 0 heterocycles. The third-order valence-corrected chi connectivity index (χ3v) is 3.74. The SMILES string of the molecule is CC(C)(C)OC(=O)NC1CC(NCc2ccc(Cl)c(F)c2)C1. The Morgan fingerprint density at radius 2 is 2.05 bits per heavy atom. The van der Waals surface area contributed by atoms with Gasteiger partial charge in [0, 0.05) is 18.6 Å². The van der Waals surface area contributed by atoms with Gasteiger partial charge in [-0.15, -0.1) is 0 Å². The highest BCUT2D eigenvalue weighted by Crippen LogP contribution is 2.22. The summed E-state index contributed by atoms with van der Waals surface area (Å²) in [4.78, 5) is 11.6. The van der Waals surface area contributed by atoms with Crippen LogP contribution in [0.15, 0.2) is 18.2 Å². The largest absolute Gasteiger partial charge is 0.444 e. The molecule has 1 aliphatic rings. The van der Waals surface area contributed by atoms with Crippen LogP contribution in [0.1, 0.15) is 39.2 Å². The molecule has 0 spiro atoms. The fourth-order valence-corrected chi connectivity index (χ4v) is 2.41. The highest BCUT2D eigenvalue weighted by atomic mass is 35.5. The van der Waals surface area contributed by atoms with Crippen LogP contribution in [0.2, 0.25) is 5.02 Å². The number of ether oxygens (including phenoxy) is 1. The number of nitrogens with one attached hydrogen (secondary N) is 2. The first-order chi connectivity index (χ1) is 10.2. The summed E-state index contributed by atoms with van der Waals surface area (Å²) in [5, 5.41) is 6.30. The van der Waals surface area contributed by atoms with Crippen molar-refractivity contribution in [1.29, 1.82) is 0 Å². The summed E-state index contributed by atoms with van der Waals surface area (Å²) < 4.78 is 18.5. The van der Waals surface area contributed by atoms with E-state index in [1.807, 2.05) is 20.8 Å². The van der Waals surface area contributed by atoms with E-state index in [2.05, 4.69) is 10.6 Å². The molecule has 1 fully saturated rings. The maximum Gasteiger partial charge on any atom is 0.407 e. The van der Waals surface area contributed by atoms with Crippen LogP contribution >= 0.6 is 11.6 Å². The fourth-order valence-electron chi connectivity index (χ4n) is 2.29. The molecule has 2 N–H and O–H groups in total. The number of hydrogen-bond donors (Lipinski definition) is 2. The quantitative estimate of drug-likeness (QED) is 0.887. The summed E-state index contributed by atoms with van der Waals surface area (Å²) >= 11 is 5.65. The van der Waals surface area contributed by atoms with Crippen molar-refractivity contribution in [2.75, 3.05) is 0 Å². The highest BCUT2D eigenvalue weighted by molar-refractivity contribution is 6.30. The lowest BCUT2D eigenvalue weighted by atomic mass is 9.87. The minimum atomic E-state index is -0.482. The van der Waals surface area contributed by atoms with Crippen molar-refractivity contribution in [3.8, 4) is 0 Å². The normalized spacial score (nSPS) is 21.1. The van der Waals surface area contributed by atoms with Gasteiger partial charge in [0.1, 0.15) is 11.4 Å². The summed E-state index contributed by atoms with van der Waals surface area (Å²) in [6.07, 6.45) is 1.31. The number of hydrogen-bond acceptors (Lipinski definition) is 3. The van der Waals surface area contributed by atoms with Crippen LogP contribution in [0, 0.1) is 5.82 Å². The summed E-state index contributed by atoms with van der Waals surface area (Å²) in [7, 11) is 0. The predicted octanol–water partition coefficient (Wildman–Crippen LogP) is 3.62. The Morgan fingerprint density at radius 1 is 1.36 bits per heavy atom. The fraction of sp³-hybridized carbons (Fsp3) is 0.562. The van der Waals surface area contributed by atoms with Gasteiger partial charge in [0.15, 0.2) is 0 Å². The molecule has 4 nitrogen and oxygen atoms in total. The Balaban J connectivity index is 1.67. The van der Waals surface area contributed by atoms with Gasteiger partial charge in [-0.05, 0) is 51.3 Å². The van der Waals surface area contributed by atoms with Gasteiger partial charge >= 0.3 is 6.09 Å². The molecule has 122 valence electrons. The molecule has 2 rings (SSSR count). The lowest BCUT2D eigenvalue weighted by Crippen LogP contribution is -2.52.